The lowest BCUT2D eigenvalue weighted by molar-refractivity contribution is -0.120. The third-order valence-corrected chi connectivity index (χ3v) is 7.26. The average molecular weight is 483 g/mol. The number of nitrogens with one attached hydrogen (secondary N) is 1. The second-order valence-corrected chi connectivity index (χ2v) is 9.99. The highest BCUT2D eigenvalue weighted by atomic mass is 35.5. The van der Waals surface area contributed by atoms with Crippen LogP contribution in [0.15, 0.2) is 77.3 Å². The Labute approximate surface area is 200 Å². The maximum Gasteiger partial charge on any atom is 0.233 e. The monoisotopic (exact) mass is 482 g/mol. The molecule has 8 heteroatoms. The summed E-state index contributed by atoms with van der Waals surface area (Å²) >= 11 is 9.55. The lowest BCUT2D eigenvalue weighted by Crippen LogP contribution is -2.32. The molecule has 0 saturated heterocycles. The van der Waals surface area contributed by atoms with Crippen LogP contribution in [0, 0.1) is 0 Å². The Hall–Kier alpha value is -2.61. The molecule has 5 nitrogen and oxygen atoms in total. The number of rotatable bonds is 9. The molecule has 0 fully saturated rings. The van der Waals surface area contributed by atoms with Crippen molar-refractivity contribution in [2.45, 2.75) is 30.3 Å². The van der Waals surface area contributed by atoms with Gasteiger partial charge < -0.3 is 5.32 Å². The van der Waals surface area contributed by atoms with E-state index < -0.39 is 0 Å². The van der Waals surface area contributed by atoms with Gasteiger partial charge in [0.2, 0.25) is 5.91 Å². The number of carbonyl (C=O) groups is 1. The van der Waals surface area contributed by atoms with Crippen LogP contribution in [0.3, 0.4) is 0 Å². The third-order valence-electron chi connectivity index (χ3n) is 4.92. The number of benzene rings is 2. The minimum absolute atomic E-state index is 0.0138. The molecule has 1 amide bonds. The van der Waals surface area contributed by atoms with E-state index in [9.17, 15) is 4.79 Å². The molecule has 0 bridgehead atoms. The number of hydrogen-bond acceptors (Lipinski definition) is 5. The molecule has 2 aromatic carbocycles. The van der Waals surface area contributed by atoms with Crippen molar-refractivity contribution in [2.75, 3.05) is 6.54 Å². The first-order valence-corrected chi connectivity index (χ1v) is 12.4. The van der Waals surface area contributed by atoms with Gasteiger partial charge in [0.15, 0.2) is 11.0 Å². The van der Waals surface area contributed by atoms with Crippen molar-refractivity contribution in [1.29, 1.82) is 0 Å². The highest BCUT2D eigenvalue weighted by Crippen LogP contribution is 2.31. The number of halogens is 1. The zero-order valence-electron chi connectivity index (χ0n) is 17.6. The number of aromatic nitrogens is 3. The number of hydrogen-bond donors (Lipinski definition) is 1. The molecule has 0 spiro atoms. The molecule has 0 radical (unpaired) electrons. The van der Waals surface area contributed by atoms with E-state index in [2.05, 4.69) is 33.7 Å². The van der Waals surface area contributed by atoms with Gasteiger partial charge in [0.05, 0.1) is 16.8 Å². The predicted octanol–water partition coefficient (Wildman–Crippen LogP) is 5.55. The lowest BCUT2D eigenvalue weighted by Gasteiger charge is -2.14. The van der Waals surface area contributed by atoms with Crippen molar-refractivity contribution < 1.29 is 4.79 Å². The molecule has 0 aliphatic carbocycles. The number of nitrogens with zero attached hydrogens (tertiary/aromatic N) is 3. The zero-order chi connectivity index (χ0) is 22.3. The third kappa shape index (κ3) is 5.59. The second kappa shape index (κ2) is 10.8. The van der Waals surface area contributed by atoms with Crippen molar-refractivity contribution in [1.82, 2.24) is 20.1 Å². The highest BCUT2D eigenvalue weighted by Gasteiger charge is 2.22. The SMILES string of the molecule is CC(Sc1nnc(-c2ccccc2Cl)n1Cc1ccccc1)C(=O)NCCc1cccs1. The molecule has 0 saturated carbocycles. The first-order valence-electron chi connectivity index (χ1n) is 10.3. The molecule has 1 N–H and O–H groups in total. The van der Waals surface area contributed by atoms with Crippen LogP contribution in [-0.4, -0.2) is 32.5 Å². The van der Waals surface area contributed by atoms with Gasteiger partial charge in [-0.15, -0.1) is 21.5 Å². The minimum Gasteiger partial charge on any atom is -0.355 e. The van der Waals surface area contributed by atoms with E-state index in [1.165, 1.54) is 16.6 Å². The van der Waals surface area contributed by atoms with Gasteiger partial charge in [0, 0.05) is 17.0 Å². The van der Waals surface area contributed by atoms with Crippen LogP contribution in [-0.2, 0) is 17.8 Å². The van der Waals surface area contributed by atoms with Crippen LogP contribution in [0.1, 0.15) is 17.4 Å². The van der Waals surface area contributed by atoms with Gasteiger partial charge in [-0.05, 0) is 42.5 Å². The number of thiophene rings is 1. The van der Waals surface area contributed by atoms with Gasteiger partial charge in [0.25, 0.3) is 0 Å². The Morgan fingerprint density at radius 2 is 1.88 bits per heavy atom. The molecule has 2 heterocycles. The van der Waals surface area contributed by atoms with Crippen molar-refractivity contribution in [3.63, 3.8) is 0 Å². The summed E-state index contributed by atoms with van der Waals surface area (Å²) in [6.07, 6.45) is 0.835. The maximum atomic E-state index is 12.7. The van der Waals surface area contributed by atoms with E-state index in [0.29, 0.717) is 29.1 Å². The van der Waals surface area contributed by atoms with Crippen molar-refractivity contribution in [3.8, 4) is 11.4 Å². The molecule has 32 heavy (non-hydrogen) atoms. The molecule has 0 aliphatic heterocycles. The summed E-state index contributed by atoms with van der Waals surface area (Å²) in [7, 11) is 0. The summed E-state index contributed by atoms with van der Waals surface area (Å²) in [5.41, 5.74) is 1.94. The molecule has 0 aliphatic rings. The quantitative estimate of drug-likeness (QED) is 0.318. The largest absolute Gasteiger partial charge is 0.355 e. The Balaban J connectivity index is 1.52. The summed E-state index contributed by atoms with van der Waals surface area (Å²) in [6, 6.07) is 21.8. The molecule has 164 valence electrons. The first-order chi connectivity index (χ1) is 15.6. The van der Waals surface area contributed by atoms with Crippen molar-refractivity contribution in [2.24, 2.45) is 0 Å². The fraction of sp³-hybridized carbons (Fsp3) is 0.208. The Kier molecular flexibility index (Phi) is 7.63. The van der Waals surface area contributed by atoms with Crippen LogP contribution in [0.2, 0.25) is 5.02 Å². The number of thioether (sulfide) groups is 1. The van der Waals surface area contributed by atoms with Gasteiger partial charge in [-0.25, -0.2) is 0 Å². The van der Waals surface area contributed by atoms with Gasteiger partial charge in [-0.1, -0.05) is 71.9 Å². The molecule has 1 atom stereocenters. The van der Waals surface area contributed by atoms with Crippen LogP contribution < -0.4 is 5.32 Å². The maximum absolute atomic E-state index is 12.7. The highest BCUT2D eigenvalue weighted by molar-refractivity contribution is 8.00. The van der Waals surface area contributed by atoms with Crippen LogP contribution in [0.5, 0.6) is 0 Å². The van der Waals surface area contributed by atoms with Gasteiger partial charge >= 0.3 is 0 Å². The standard InChI is InChI=1S/C24H23ClN4OS2/c1-17(23(30)26-14-13-19-10-7-15-31-19)32-24-28-27-22(20-11-5-6-12-21(20)25)29(24)16-18-8-3-2-4-9-18/h2-12,15,17H,13-14,16H2,1H3,(H,26,30). The van der Waals surface area contributed by atoms with Crippen LogP contribution in [0.4, 0.5) is 0 Å². The minimum atomic E-state index is -0.309. The fourth-order valence-electron chi connectivity index (χ4n) is 3.25. The summed E-state index contributed by atoms with van der Waals surface area (Å²) in [5, 5.41) is 14.9. The molecule has 1 unspecified atom stereocenters. The lowest BCUT2D eigenvalue weighted by atomic mass is 10.2. The Bertz CT molecular complexity index is 1160. The first kappa shape index (κ1) is 22.6. The van der Waals surface area contributed by atoms with E-state index in [4.69, 9.17) is 11.6 Å². The normalized spacial score (nSPS) is 11.9. The number of amides is 1. The van der Waals surface area contributed by atoms with Gasteiger partial charge in [-0.2, -0.15) is 0 Å². The summed E-state index contributed by atoms with van der Waals surface area (Å²) < 4.78 is 2.02. The molecule has 2 aromatic heterocycles. The van der Waals surface area contributed by atoms with E-state index >= 15 is 0 Å². The molecule has 4 aromatic rings. The molecular formula is C24H23ClN4OS2. The van der Waals surface area contributed by atoms with Crippen molar-refractivity contribution >= 4 is 40.6 Å². The van der Waals surface area contributed by atoms with Gasteiger partial charge in [-0.3, -0.25) is 9.36 Å². The van der Waals surface area contributed by atoms with Crippen LogP contribution in [0.25, 0.3) is 11.4 Å². The van der Waals surface area contributed by atoms with Crippen LogP contribution >= 0.6 is 34.7 Å². The topological polar surface area (TPSA) is 59.8 Å². The van der Waals surface area contributed by atoms with E-state index in [1.807, 2.05) is 65.4 Å². The van der Waals surface area contributed by atoms with Gasteiger partial charge in [0.1, 0.15) is 0 Å². The Morgan fingerprint density at radius 1 is 1.09 bits per heavy atom. The van der Waals surface area contributed by atoms with E-state index in [0.717, 1.165) is 17.5 Å². The van der Waals surface area contributed by atoms with Crippen molar-refractivity contribution in [3.05, 3.63) is 87.6 Å². The average Bonchev–Trinajstić information content (AvgIpc) is 3.45. The smallest absolute Gasteiger partial charge is 0.233 e. The fourth-order valence-corrected chi connectivity index (χ4v) is 5.05. The van der Waals surface area contributed by atoms with E-state index in [-0.39, 0.29) is 11.2 Å². The predicted molar refractivity (Wildman–Crippen MR) is 132 cm³/mol. The Morgan fingerprint density at radius 3 is 2.62 bits per heavy atom. The summed E-state index contributed by atoms with van der Waals surface area (Å²) in [4.78, 5) is 13.9. The second-order valence-electron chi connectivity index (χ2n) is 7.24. The molecular weight excluding hydrogens is 460 g/mol. The summed E-state index contributed by atoms with van der Waals surface area (Å²) in [6.45, 7) is 3.09. The molecule has 4 rings (SSSR count). The zero-order valence-corrected chi connectivity index (χ0v) is 20.0. The number of carbonyl (C=O) groups excluding carboxylic acids is 1. The summed E-state index contributed by atoms with van der Waals surface area (Å²) in [5.74, 6) is 0.673. The van der Waals surface area contributed by atoms with E-state index in [1.54, 1.807) is 11.3 Å².